The molecule has 0 spiro atoms. The number of halogens is 4. The van der Waals surface area contributed by atoms with Crippen LogP contribution in [0.3, 0.4) is 0 Å². The van der Waals surface area contributed by atoms with Gasteiger partial charge in [0.05, 0.1) is 0 Å². The lowest BCUT2D eigenvalue weighted by Gasteiger charge is -2.42. The van der Waals surface area contributed by atoms with Crippen molar-refractivity contribution in [3.05, 3.63) is 75.5 Å². The van der Waals surface area contributed by atoms with E-state index in [0.717, 1.165) is 35.2 Å². The van der Waals surface area contributed by atoms with E-state index in [1.807, 2.05) is 13.0 Å². The lowest BCUT2D eigenvalue weighted by molar-refractivity contribution is -0.131. The third-order valence-corrected chi connectivity index (χ3v) is 6.02. The van der Waals surface area contributed by atoms with Crippen LogP contribution in [0.2, 0.25) is 5.02 Å². The lowest BCUT2D eigenvalue weighted by Crippen LogP contribution is -2.48. The molecule has 2 heterocycles. The Morgan fingerprint density at radius 2 is 1.94 bits per heavy atom. The Morgan fingerprint density at radius 3 is 2.55 bits per heavy atom. The van der Waals surface area contributed by atoms with Gasteiger partial charge in [0.25, 0.3) is 0 Å². The summed E-state index contributed by atoms with van der Waals surface area (Å²) in [6.07, 6.45) is 2.42. The highest BCUT2D eigenvalue weighted by Crippen LogP contribution is 2.45. The summed E-state index contributed by atoms with van der Waals surface area (Å²) in [6.45, 7) is 4.64. The minimum atomic E-state index is -1.63. The number of hydrogen-bond donors (Lipinski definition) is 1. The summed E-state index contributed by atoms with van der Waals surface area (Å²) in [5.74, 6) is -2.63. The van der Waals surface area contributed by atoms with Gasteiger partial charge in [0.15, 0.2) is 0 Å². The third-order valence-electron chi connectivity index (χ3n) is 5.78. The molecule has 2 aromatic carbocycles. The van der Waals surface area contributed by atoms with Crippen LogP contribution in [-0.4, -0.2) is 34.2 Å². The first-order valence-corrected chi connectivity index (χ1v) is 10.9. The summed E-state index contributed by atoms with van der Waals surface area (Å²) < 4.78 is 51.6. The zero-order valence-corrected chi connectivity index (χ0v) is 19.1. The van der Waals surface area contributed by atoms with Gasteiger partial charge in [-0.3, -0.25) is 4.90 Å². The number of alkyl halides is 1. The Kier molecular flexibility index (Phi) is 6.05. The fourth-order valence-electron chi connectivity index (χ4n) is 4.50. The molecule has 1 aliphatic rings. The maximum atomic E-state index is 15.4. The Balaban J connectivity index is 1.93. The minimum Gasteiger partial charge on any atom is -0.478 e. The van der Waals surface area contributed by atoms with E-state index in [1.165, 1.54) is 13.8 Å². The van der Waals surface area contributed by atoms with Crippen molar-refractivity contribution in [3.8, 4) is 0 Å². The van der Waals surface area contributed by atoms with Crippen LogP contribution in [0, 0.1) is 11.6 Å². The molecule has 0 bridgehead atoms. The van der Waals surface area contributed by atoms with Gasteiger partial charge in [0, 0.05) is 46.3 Å². The average molecular weight is 478 g/mol. The average Bonchev–Trinajstić information content (AvgIpc) is 3.04. The number of fused-ring (bicyclic) bond motifs is 3. The minimum absolute atomic E-state index is 0.0639. The molecule has 2 unspecified atom stereocenters. The van der Waals surface area contributed by atoms with Gasteiger partial charge in [0.2, 0.25) is 0 Å². The van der Waals surface area contributed by atoms with Crippen molar-refractivity contribution in [3.63, 3.8) is 0 Å². The van der Waals surface area contributed by atoms with Crippen molar-refractivity contribution in [2.24, 2.45) is 0 Å². The number of carbonyl (C=O) groups is 1. The largest absolute Gasteiger partial charge is 0.478 e. The standard InChI is InChI=1S/C25H23ClF3NO3/c1-13-8-17-16-6-5-15(26)11-20(16)33-24(17)23(30(13)12-25(2,3)29)22-18(27)9-14(10-19(22)28)4-7-21(31)32/h4-7,9-11,13,23H,8,12H2,1-3H3,(H,31,32)/b7-4+. The number of aliphatic carboxylic acids is 1. The Bertz CT molecular complexity index is 1240. The van der Waals surface area contributed by atoms with Crippen molar-refractivity contribution in [2.75, 3.05) is 6.54 Å². The van der Waals surface area contributed by atoms with Gasteiger partial charge in [0.1, 0.15) is 34.7 Å². The first-order chi connectivity index (χ1) is 15.4. The maximum Gasteiger partial charge on any atom is 0.328 e. The quantitative estimate of drug-likeness (QED) is 0.423. The van der Waals surface area contributed by atoms with Gasteiger partial charge in [-0.1, -0.05) is 11.6 Å². The fourth-order valence-corrected chi connectivity index (χ4v) is 4.66. The topological polar surface area (TPSA) is 53.7 Å². The molecule has 1 aromatic heterocycles. The second-order valence-corrected chi connectivity index (χ2v) is 9.44. The molecule has 0 amide bonds. The molecule has 0 saturated carbocycles. The zero-order chi connectivity index (χ0) is 24.1. The molecule has 4 rings (SSSR count). The summed E-state index contributed by atoms with van der Waals surface area (Å²) in [6, 6.07) is 6.06. The second-order valence-electron chi connectivity index (χ2n) is 9.00. The van der Waals surface area contributed by atoms with Gasteiger partial charge in [-0.2, -0.15) is 0 Å². The van der Waals surface area contributed by atoms with Gasteiger partial charge < -0.3 is 9.52 Å². The molecule has 1 N–H and O–H groups in total. The third kappa shape index (κ3) is 4.66. The van der Waals surface area contributed by atoms with Crippen molar-refractivity contribution < 1.29 is 27.5 Å². The molecule has 8 heteroatoms. The normalized spacial score (nSPS) is 19.4. The molecule has 3 aromatic rings. The van der Waals surface area contributed by atoms with Crippen LogP contribution in [-0.2, 0) is 11.2 Å². The summed E-state index contributed by atoms with van der Waals surface area (Å²) in [4.78, 5) is 12.5. The van der Waals surface area contributed by atoms with Crippen LogP contribution in [0.4, 0.5) is 13.2 Å². The van der Waals surface area contributed by atoms with E-state index in [9.17, 15) is 9.18 Å². The van der Waals surface area contributed by atoms with Gasteiger partial charge >= 0.3 is 5.97 Å². The number of nitrogens with zero attached hydrogens (tertiary/aromatic N) is 1. The van der Waals surface area contributed by atoms with Crippen LogP contribution in [0.15, 0.2) is 40.8 Å². The zero-order valence-electron chi connectivity index (χ0n) is 18.3. The molecule has 0 saturated heterocycles. The maximum absolute atomic E-state index is 15.4. The summed E-state index contributed by atoms with van der Waals surface area (Å²) >= 11 is 6.11. The number of carboxylic acid groups (broad SMARTS) is 1. The first kappa shape index (κ1) is 23.4. The lowest BCUT2D eigenvalue weighted by atomic mass is 9.87. The van der Waals surface area contributed by atoms with Crippen LogP contribution < -0.4 is 0 Å². The predicted molar refractivity (Wildman–Crippen MR) is 121 cm³/mol. The van der Waals surface area contributed by atoms with Gasteiger partial charge in [-0.05, 0) is 63.1 Å². The Hall–Kier alpha value is -2.77. The van der Waals surface area contributed by atoms with Crippen molar-refractivity contribution in [2.45, 2.75) is 44.9 Å². The number of furan rings is 1. The molecule has 174 valence electrons. The first-order valence-electron chi connectivity index (χ1n) is 10.5. The van der Waals surface area contributed by atoms with Crippen molar-refractivity contribution >= 4 is 34.6 Å². The molecule has 33 heavy (non-hydrogen) atoms. The molecule has 4 nitrogen and oxygen atoms in total. The van der Waals surface area contributed by atoms with Crippen LogP contribution in [0.5, 0.6) is 0 Å². The molecular formula is C25H23ClF3NO3. The van der Waals surface area contributed by atoms with Crippen LogP contribution >= 0.6 is 11.6 Å². The summed E-state index contributed by atoms with van der Waals surface area (Å²) in [5, 5.41) is 10.1. The van der Waals surface area contributed by atoms with E-state index >= 15 is 8.78 Å². The van der Waals surface area contributed by atoms with Gasteiger partial charge in [-0.25, -0.2) is 18.0 Å². The van der Waals surface area contributed by atoms with E-state index in [4.69, 9.17) is 21.1 Å². The number of benzene rings is 2. The number of rotatable bonds is 5. The Morgan fingerprint density at radius 1 is 1.27 bits per heavy atom. The van der Waals surface area contributed by atoms with E-state index < -0.39 is 29.3 Å². The molecule has 0 aliphatic carbocycles. The second kappa shape index (κ2) is 8.54. The predicted octanol–water partition coefficient (Wildman–Crippen LogP) is 6.55. The van der Waals surface area contributed by atoms with Crippen molar-refractivity contribution in [1.29, 1.82) is 0 Å². The van der Waals surface area contributed by atoms with E-state index in [1.54, 1.807) is 17.0 Å². The van der Waals surface area contributed by atoms with Crippen molar-refractivity contribution in [1.82, 2.24) is 4.90 Å². The Labute approximate surface area is 194 Å². The van der Waals surface area contributed by atoms with Crippen LogP contribution in [0.1, 0.15) is 49.3 Å². The van der Waals surface area contributed by atoms with E-state index in [-0.39, 0.29) is 23.7 Å². The highest BCUT2D eigenvalue weighted by Gasteiger charge is 2.42. The molecule has 0 radical (unpaired) electrons. The smallest absolute Gasteiger partial charge is 0.328 e. The number of carboxylic acids is 1. The monoisotopic (exact) mass is 477 g/mol. The summed E-state index contributed by atoms with van der Waals surface area (Å²) in [5.41, 5.74) is -0.538. The van der Waals surface area contributed by atoms with E-state index in [0.29, 0.717) is 22.8 Å². The fraction of sp³-hybridized carbons (Fsp3) is 0.320. The number of hydrogen-bond acceptors (Lipinski definition) is 3. The molecule has 1 aliphatic heterocycles. The van der Waals surface area contributed by atoms with Crippen LogP contribution in [0.25, 0.3) is 17.0 Å². The molecular weight excluding hydrogens is 455 g/mol. The van der Waals surface area contributed by atoms with E-state index in [2.05, 4.69) is 0 Å². The highest BCUT2D eigenvalue weighted by molar-refractivity contribution is 6.31. The summed E-state index contributed by atoms with van der Waals surface area (Å²) in [7, 11) is 0. The highest BCUT2D eigenvalue weighted by atomic mass is 35.5. The molecule has 2 atom stereocenters. The SMILES string of the molecule is CC1Cc2c(oc3cc(Cl)ccc23)C(c2c(F)cc(/C=C/C(=O)O)cc2F)N1CC(C)(C)F. The molecule has 0 fully saturated rings. The van der Waals surface area contributed by atoms with Gasteiger partial charge in [-0.15, -0.1) is 0 Å².